The number of rotatable bonds is 2. The Morgan fingerprint density at radius 1 is 1.33 bits per heavy atom. The van der Waals surface area contributed by atoms with Gasteiger partial charge in [-0.2, -0.15) is 0 Å². The van der Waals surface area contributed by atoms with Gasteiger partial charge in [-0.05, 0) is 32.3 Å². The van der Waals surface area contributed by atoms with Crippen molar-refractivity contribution in [3.05, 3.63) is 35.4 Å². The van der Waals surface area contributed by atoms with Crippen LogP contribution in [0.25, 0.3) is 11.0 Å². The molecule has 3 fully saturated rings. The standard InChI is InChI=1S/C18H18ClF2N3O3/c1-9-4-5-17-12(9)25-7-18(17,27-16(2,3)26-17)24-6-10(14(20)21)11-13(19)22-8-23-15(11)24/h6,8,12,14H,1,4-5,7H2,2-3H3/t12-,17-,18+/m1/s1. The topological polar surface area (TPSA) is 58.4 Å². The molecule has 2 aromatic heterocycles. The lowest BCUT2D eigenvalue weighted by Crippen LogP contribution is -2.53. The Bertz CT molecular complexity index is 978. The summed E-state index contributed by atoms with van der Waals surface area (Å²) < 4.78 is 47.9. The van der Waals surface area contributed by atoms with Crippen LogP contribution in [0.15, 0.2) is 24.7 Å². The van der Waals surface area contributed by atoms with E-state index in [2.05, 4.69) is 16.5 Å². The van der Waals surface area contributed by atoms with Gasteiger partial charge in [0.1, 0.15) is 23.2 Å². The van der Waals surface area contributed by atoms with E-state index in [4.69, 9.17) is 25.8 Å². The van der Waals surface area contributed by atoms with Crippen LogP contribution in [0.5, 0.6) is 0 Å². The Morgan fingerprint density at radius 2 is 2.11 bits per heavy atom. The van der Waals surface area contributed by atoms with E-state index in [1.54, 1.807) is 4.57 Å². The van der Waals surface area contributed by atoms with Crippen LogP contribution in [-0.4, -0.2) is 38.6 Å². The molecule has 1 spiro atoms. The van der Waals surface area contributed by atoms with Gasteiger partial charge in [0.05, 0.1) is 12.0 Å². The molecular formula is C18H18ClF2N3O3. The van der Waals surface area contributed by atoms with Crippen molar-refractivity contribution >= 4 is 22.6 Å². The molecule has 0 radical (unpaired) electrons. The van der Waals surface area contributed by atoms with Crippen molar-refractivity contribution in [1.29, 1.82) is 0 Å². The van der Waals surface area contributed by atoms with Gasteiger partial charge in [0.25, 0.3) is 6.43 Å². The molecule has 2 saturated heterocycles. The number of fused-ring (bicyclic) bond motifs is 1. The number of aromatic nitrogens is 3. The van der Waals surface area contributed by atoms with Crippen molar-refractivity contribution in [3.63, 3.8) is 0 Å². The fraction of sp³-hybridized carbons (Fsp3) is 0.556. The van der Waals surface area contributed by atoms with E-state index in [-0.39, 0.29) is 34.5 Å². The van der Waals surface area contributed by atoms with E-state index in [1.807, 2.05) is 13.8 Å². The second-order valence-electron chi connectivity index (χ2n) is 7.75. The molecule has 4 heterocycles. The average Bonchev–Trinajstić information content (AvgIpc) is 3.24. The maximum atomic E-state index is 13.8. The largest absolute Gasteiger partial charge is 0.365 e. The van der Waals surface area contributed by atoms with Crippen molar-refractivity contribution in [3.8, 4) is 0 Å². The van der Waals surface area contributed by atoms with E-state index >= 15 is 0 Å². The highest BCUT2D eigenvalue weighted by atomic mass is 35.5. The van der Waals surface area contributed by atoms with Gasteiger partial charge in [0.15, 0.2) is 11.4 Å². The molecule has 144 valence electrons. The highest BCUT2D eigenvalue weighted by molar-refractivity contribution is 6.34. The van der Waals surface area contributed by atoms with Gasteiger partial charge >= 0.3 is 0 Å². The number of hydrogen-bond acceptors (Lipinski definition) is 5. The molecule has 2 aliphatic heterocycles. The van der Waals surface area contributed by atoms with Gasteiger partial charge in [-0.1, -0.05) is 18.2 Å². The van der Waals surface area contributed by atoms with E-state index < -0.39 is 23.5 Å². The van der Waals surface area contributed by atoms with Gasteiger partial charge in [-0.15, -0.1) is 0 Å². The number of hydrogen-bond donors (Lipinski definition) is 0. The van der Waals surface area contributed by atoms with Gasteiger partial charge < -0.3 is 14.2 Å². The first-order chi connectivity index (χ1) is 12.7. The van der Waals surface area contributed by atoms with E-state index in [0.29, 0.717) is 12.8 Å². The second kappa shape index (κ2) is 5.26. The summed E-state index contributed by atoms with van der Waals surface area (Å²) in [6.07, 6.45) is 0.808. The van der Waals surface area contributed by atoms with Crippen LogP contribution in [0.4, 0.5) is 8.78 Å². The van der Waals surface area contributed by atoms with Gasteiger partial charge in [0.2, 0.25) is 5.72 Å². The summed E-state index contributed by atoms with van der Waals surface area (Å²) in [5.74, 6) is -0.926. The summed E-state index contributed by atoms with van der Waals surface area (Å²) >= 11 is 6.14. The number of ether oxygens (including phenoxy) is 3. The van der Waals surface area contributed by atoms with Crippen molar-refractivity contribution < 1.29 is 23.0 Å². The zero-order chi connectivity index (χ0) is 19.2. The van der Waals surface area contributed by atoms with Crippen LogP contribution in [0.1, 0.15) is 38.7 Å². The molecule has 5 rings (SSSR count). The first-order valence-corrected chi connectivity index (χ1v) is 9.08. The zero-order valence-corrected chi connectivity index (χ0v) is 15.6. The lowest BCUT2D eigenvalue weighted by molar-refractivity contribution is -0.206. The Morgan fingerprint density at radius 3 is 2.85 bits per heavy atom. The van der Waals surface area contributed by atoms with Crippen LogP contribution in [-0.2, 0) is 19.9 Å². The molecule has 0 amide bonds. The second-order valence-corrected chi connectivity index (χ2v) is 8.10. The van der Waals surface area contributed by atoms with Crippen LogP contribution in [0.3, 0.4) is 0 Å². The molecule has 3 aliphatic rings. The summed E-state index contributed by atoms with van der Waals surface area (Å²) in [6.45, 7) is 7.85. The lowest BCUT2D eigenvalue weighted by atomic mass is 9.89. The van der Waals surface area contributed by atoms with Crippen molar-refractivity contribution in [1.82, 2.24) is 14.5 Å². The molecule has 9 heteroatoms. The first-order valence-electron chi connectivity index (χ1n) is 8.70. The molecule has 1 aliphatic carbocycles. The maximum Gasteiger partial charge on any atom is 0.266 e. The minimum atomic E-state index is -2.74. The molecule has 2 aromatic rings. The minimum absolute atomic E-state index is 0.0241. The fourth-order valence-corrected chi connectivity index (χ4v) is 5.13. The van der Waals surface area contributed by atoms with Crippen LogP contribution < -0.4 is 0 Å². The predicted molar refractivity (Wildman–Crippen MR) is 92.6 cm³/mol. The third kappa shape index (κ3) is 2.04. The quantitative estimate of drug-likeness (QED) is 0.567. The zero-order valence-electron chi connectivity index (χ0n) is 14.8. The van der Waals surface area contributed by atoms with Gasteiger partial charge in [-0.3, -0.25) is 4.57 Å². The van der Waals surface area contributed by atoms with E-state index in [1.165, 1.54) is 12.5 Å². The van der Waals surface area contributed by atoms with Gasteiger partial charge in [-0.25, -0.2) is 18.7 Å². The molecule has 27 heavy (non-hydrogen) atoms. The summed E-state index contributed by atoms with van der Waals surface area (Å²) in [4.78, 5) is 8.11. The summed E-state index contributed by atoms with van der Waals surface area (Å²) in [5, 5.41) is 0.0937. The fourth-order valence-electron chi connectivity index (χ4n) is 4.89. The Hall–Kier alpha value is -1.61. The van der Waals surface area contributed by atoms with Crippen LogP contribution in [0, 0.1) is 0 Å². The molecule has 1 saturated carbocycles. The molecule has 0 unspecified atom stereocenters. The lowest BCUT2D eigenvalue weighted by Gasteiger charge is -2.36. The minimum Gasteiger partial charge on any atom is -0.365 e. The molecule has 0 aromatic carbocycles. The summed E-state index contributed by atoms with van der Waals surface area (Å²) in [6, 6.07) is 0. The highest BCUT2D eigenvalue weighted by Gasteiger charge is 2.75. The third-order valence-electron chi connectivity index (χ3n) is 5.75. The third-order valence-corrected chi connectivity index (χ3v) is 6.04. The first kappa shape index (κ1) is 17.5. The highest BCUT2D eigenvalue weighted by Crippen LogP contribution is 2.61. The molecular weight excluding hydrogens is 380 g/mol. The molecule has 3 atom stereocenters. The molecule has 0 bridgehead atoms. The normalized spacial score (nSPS) is 34.6. The van der Waals surface area contributed by atoms with E-state index in [0.717, 1.165) is 5.57 Å². The van der Waals surface area contributed by atoms with Crippen LogP contribution in [0.2, 0.25) is 5.15 Å². The smallest absolute Gasteiger partial charge is 0.266 e. The SMILES string of the molecule is C=C1CC[C@]23OC(C)(C)O[C@@]2(n2cc(C(F)F)c4c(Cl)ncnc42)CO[C@H]13. The van der Waals surface area contributed by atoms with Crippen LogP contribution >= 0.6 is 11.6 Å². The number of halogens is 3. The Balaban J connectivity index is 1.81. The van der Waals surface area contributed by atoms with E-state index in [9.17, 15) is 8.78 Å². The number of alkyl halides is 2. The van der Waals surface area contributed by atoms with Crippen molar-refractivity contribution in [2.75, 3.05) is 6.61 Å². The average molecular weight is 398 g/mol. The van der Waals surface area contributed by atoms with Gasteiger partial charge in [0, 0.05) is 11.8 Å². The summed E-state index contributed by atoms with van der Waals surface area (Å²) in [7, 11) is 0. The predicted octanol–water partition coefficient (Wildman–Crippen LogP) is 3.95. The molecule has 0 N–H and O–H groups in total. The maximum absolute atomic E-state index is 13.8. The Labute approximate surface area is 159 Å². The summed E-state index contributed by atoms with van der Waals surface area (Å²) in [5.41, 5.74) is -1.07. The molecule has 6 nitrogen and oxygen atoms in total. The number of nitrogens with zero attached hydrogens (tertiary/aromatic N) is 3. The van der Waals surface area contributed by atoms with Crippen molar-refractivity contribution in [2.45, 2.75) is 56.3 Å². The van der Waals surface area contributed by atoms with Crippen molar-refractivity contribution in [2.24, 2.45) is 0 Å². The monoisotopic (exact) mass is 397 g/mol. The Kier molecular flexibility index (Phi) is 3.40.